The van der Waals surface area contributed by atoms with Crippen molar-refractivity contribution in [3.63, 3.8) is 0 Å². The maximum Gasteiger partial charge on any atom is 0.321 e. The Labute approximate surface area is 93.1 Å². The molecule has 2 N–H and O–H groups in total. The monoisotopic (exact) mass is 225 g/mol. The van der Waals surface area contributed by atoms with E-state index in [1.54, 1.807) is 12.1 Å². The average Bonchev–Trinajstić information content (AvgIpc) is 2.67. The largest absolute Gasteiger partial charge is 0.480 e. The highest BCUT2D eigenvalue weighted by atomic mass is 35.5. The van der Waals surface area contributed by atoms with Crippen molar-refractivity contribution in [3.05, 3.63) is 34.9 Å². The number of aliphatic carboxylic acids is 1. The van der Waals surface area contributed by atoms with E-state index in [-0.39, 0.29) is 5.92 Å². The molecule has 1 aliphatic heterocycles. The number of carboxylic acids is 1. The van der Waals surface area contributed by atoms with Crippen molar-refractivity contribution in [1.82, 2.24) is 5.32 Å². The topological polar surface area (TPSA) is 49.3 Å². The van der Waals surface area contributed by atoms with Crippen LogP contribution in [0.25, 0.3) is 0 Å². The second kappa shape index (κ2) is 4.21. The Hall–Kier alpha value is -1.06. The van der Waals surface area contributed by atoms with Gasteiger partial charge in [0.05, 0.1) is 0 Å². The van der Waals surface area contributed by atoms with Crippen molar-refractivity contribution in [2.45, 2.75) is 18.4 Å². The SMILES string of the molecule is O=C(O)[C@H]1NCCC1c1ccc(Cl)cc1. The summed E-state index contributed by atoms with van der Waals surface area (Å²) in [5.41, 5.74) is 1.04. The first-order valence-electron chi connectivity index (χ1n) is 4.90. The summed E-state index contributed by atoms with van der Waals surface area (Å²) in [5, 5.41) is 12.7. The van der Waals surface area contributed by atoms with Gasteiger partial charge in [-0.2, -0.15) is 0 Å². The minimum absolute atomic E-state index is 0.0553. The third kappa shape index (κ3) is 2.13. The lowest BCUT2D eigenvalue weighted by molar-refractivity contribution is -0.139. The van der Waals surface area contributed by atoms with Gasteiger partial charge >= 0.3 is 5.97 Å². The molecule has 0 saturated carbocycles. The number of benzene rings is 1. The van der Waals surface area contributed by atoms with Gasteiger partial charge in [0.2, 0.25) is 0 Å². The summed E-state index contributed by atoms with van der Waals surface area (Å²) in [6, 6.07) is 6.93. The molecule has 0 amide bonds. The van der Waals surface area contributed by atoms with Crippen LogP contribution in [0, 0.1) is 0 Å². The Bertz CT molecular complexity index is 363. The Balaban J connectivity index is 2.22. The summed E-state index contributed by atoms with van der Waals surface area (Å²) in [5.74, 6) is -0.729. The number of nitrogens with one attached hydrogen (secondary N) is 1. The number of hydrogen-bond acceptors (Lipinski definition) is 2. The van der Waals surface area contributed by atoms with Crippen LogP contribution in [0.5, 0.6) is 0 Å². The predicted octanol–water partition coefficient (Wildman–Crippen LogP) is 1.87. The zero-order valence-electron chi connectivity index (χ0n) is 8.11. The summed E-state index contributed by atoms with van der Waals surface area (Å²) in [6.07, 6.45) is 0.860. The van der Waals surface area contributed by atoms with Gasteiger partial charge < -0.3 is 10.4 Å². The van der Waals surface area contributed by atoms with Crippen LogP contribution in [0.15, 0.2) is 24.3 Å². The first-order chi connectivity index (χ1) is 7.18. The number of carbonyl (C=O) groups is 1. The molecule has 3 nitrogen and oxygen atoms in total. The first-order valence-corrected chi connectivity index (χ1v) is 5.28. The van der Waals surface area contributed by atoms with E-state index in [4.69, 9.17) is 16.7 Å². The van der Waals surface area contributed by atoms with Crippen LogP contribution < -0.4 is 5.32 Å². The molecule has 0 bridgehead atoms. The molecule has 1 aromatic rings. The average molecular weight is 226 g/mol. The third-order valence-corrected chi connectivity index (χ3v) is 3.04. The van der Waals surface area contributed by atoms with E-state index in [1.807, 2.05) is 12.1 Å². The summed E-state index contributed by atoms with van der Waals surface area (Å²) < 4.78 is 0. The van der Waals surface area contributed by atoms with Gasteiger partial charge in [-0.15, -0.1) is 0 Å². The fourth-order valence-electron chi connectivity index (χ4n) is 2.03. The normalized spacial score (nSPS) is 25.4. The van der Waals surface area contributed by atoms with E-state index >= 15 is 0 Å². The number of hydrogen-bond donors (Lipinski definition) is 2. The van der Waals surface area contributed by atoms with E-state index in [9.17, 15) is 4.79 Å². The van der Waals surface area contributed by atoms with Crippen molar-refractivity contribution in [2.24, 2.45) is 0 Å². The molecule has 1 aliphatic rings. The van der Waals surface area contributed by atoms with Gasteiger partial charge in [-0.1, -0.05) is 23.7 Å². The van der Waals surface area contributed by atoms with Crippen LogP contribution in [0.1, 0.15) is 17.9 Å². The second-order valence-corrected chi connectivity index (χ2v) is 4.15. The highest BCUT2D eigenvalue weighted by Crippen LogP contribution is 2.28. The lowest BCUT2D eigenvalue weighted by atomic mass is 9.92. The molecule has 0 radical (unpaired) electrons. The molecular weight excluding hydrogens is 214 g/mol. The molecule has 0 aromatic heterocycles. The quantitative estimate of drug-likeness (QED) is 0.808. The first kappa shape index (κ1) is 10.5. The maximum atomic E-state index is 11.0. The molecular formula is C11H12ClNO2. The van der Waals surface area contributed by atoms with E-state index < -0.39 is 12.0 Å². The molecule has 2 atom stereocenters. The standard InChI is InChI=1S/C11H12ClNO2/c12-8-3-1-7(2-4-8)9-5-6-13-10(9)11(14)15/h1-4,9-10,13H,5-6H2,(H,14,15)/t9?,10-/m0/s1. The Morgan fingerprint density at radius 3 is 2.67 bits per heavy atom. The van der Waals surface area contributed by atoms with Gasteiger partial charge in [-0.25, -0.2) is 0 Å². The van der Waals surface area contributed by atoms with Crippen LogP contribution in [0.3, 0.4) is 0 Å². The van der Waals surface area contributed by atoms with Gasteiger partial charge in [-0.05, 0) is 30.7 Å². The molecule has 1 fully saturated rings. The molecule has 1 saturated heterocycles. The predicted molar refractivity (Wildman–Crippen MR) is 58.2 cm³/mol. The number of carboxylic acid groups (broad SMARTS) is 1. The second-order valence-electron chi connectivity index (χ2n) is 3.72. The fraction of sp³-hybridized carbons (Fsp3) is 0.364. The van der Waals surface area contributed by atoms with E-state index in [2.05, 4.69) is 5.32 Å². The van der Waals surface area contributed by atoms with Crippen molar-refractivity contribution in [1.29, 1.82) is 0 Å². The highest BCUT2D eigenvalue weighted by Gasteiger charge is 2.33. The van der Waals surface area contributed by atoms with Crippen molar-refractivity contribution >= 4 is 17.6 Å². The minimum atomic E-state index is -0.785. The molecule has 1 unspecified atom stereocenters. The summed E-state index contributed by atoms with van der Waals surface area (Å²) in [7, 11) is 0. The highest BCUT2D eigenvalue weighted by molar-refractivity contribution is 6.30. The van der Waals surface area contributed by atoms with Crippen molar-refractivity contribution in [3.8, 4) is 0 Å². The molecule has 0 aliphatic carbocycles. The zero-order valence-corrected chi connectivity index (χ0v) is 8.87. The van der Waals surface area contributed by atoms with Gasteiger partial charge in [0.1, 0.15) is 6.04 Å². The zero-order chi connectivity index (χ0) is 10.8. The van der Waals surface area contributed by atoms with E-state index in [0.29, 0.717) is 5.02 Å². The molecule has 1 heterocycles. The van der Waals surface area contributed by atoms with Crippen molar-refractivity contribution in [2.75, 3.05) is 6.54 Å². The van der Waals surface area contributed by atoms with Gasteiger partial charge in [0, 0.05) is 10.9 Å². The molecule has 80 valence electrons. The molecule has 2 rings (SSSR count). The number of rotatable bonds is 2. The van der Waals surface area contributed by atoms with Gasteiger partial charge in [0.25, 0.3) is 0 Å². The van der Waals surface area contributed by atoms with Crippen LogP contribution in [0.2, 0.25) is 5.02 Å². The van der Waals surface area contributed by atoms with Crippen LogP contribution in [-0.4, -0.2) is 23.7 Å². The van der Waals surface area contributed by atoms with Crippen LogP contribution in [-0.2, 0) is 4.79 Å². The van der Waals surface area contributed by atoms with Crippen molar-refractivity contribution < 1.29 is 9.90 Å². The Kier molecular flexibility index (Phi) is 2.93. The fourth-order valence-corrected chi connectivity index (χ4v) is 2.16. The molecule has 4 heteroatoms. The summed E-state index contributed by atoms with van der Waals surface area (Å²) in [4.78, 5) is 11.0. The van der Waals surface area contributed by atoms with E-state index in [1.165, 1.54) is 0 Å². The van der Waals surface area contributed by atoms with Gasteiger partial charge in [0.15, 0.2) is 0 Å². The number of halogens is 1. The lowest BCUT2D eigenvalue weighted by Crippen LogP contribution is -2.34. The van der Waals surface area contributed by atoms with Crippen LogP contribution >= 0.6 is 11.6 Å². The minimum Gasteiger partial charge on any atom is -0.480 e. The Morgan fingerprint density at radius 2 is 2.07 bits per heavy atom. The molecule has 15 heavy (non-hydrogen) atoms. The smallest absolute Gasteiger partial charge is 0.321 e. The summed E-state index contributed by atoms with van der Waals surface area (Å²) in [6.45, 7) is 0.754. The van der Waals surface area contributed by atoms with Gasteiger partial charge in [-0.3, -0.25) is 4.79 Å². The third-order valence-electron chi connectivity index (χ3n) is 2.79. The van der Waals surface area contributed by atoms with Crippen LogP contribution in [0.4, 0.5) is 0 Å². The van der Waals surface area contributed by atoms with E-state index in [0.717, 1.165) is 18.5 Å². The lowest BCUT2D eigenvalue weighted by Gasteiger charge is -2.15. The molecule has 0 spiro atoms. The maximum absolute atomic E-state index is 11.0. The Morgan fingerprint density at radius 1 is 1.40 bits per heavy atom. The summed E-state index contributed by atoms with van der Waals surface area (Å²) >= 11 is 5.79. The molecule has 1 aromatic carbocycles.